The Kier molecular flexibility index (Phi) is 17.5. The Labute approximate surface area is 128 Å². The minimum Gasteiger partial charge on any atom is -0.359 e. The fraction of sp³-hybridized carbons (Fsp3) is 1.00. The third-order valence-electron chi connectivity index (χ3n) is 2.68. The van der Waals surface area contributed by atoms with E-state index in [1.165, 1.54) is 0 Å². The average molecular weight is 309 g/mol. The van der Waals surface area contributed by atoms with E-state index in [2.05, 4.69) is 4.90 Å². The lowest BCUT2D eigenvalue weighted by Gasteiger charge is -2.22. The van der Waals surface area contributed by atoms with Crippen LogP contribution in [0.5, 0.6) is 0 Å². The summed E-state index contributed by atoms with van der Waals surface area (Å²) < 4.78 is 30.5. The summed E-state index contributed by atoms with van der Waals surface area (Å²) in [4.78, 5) is 2.34. The SMILES string of the molecule is COCOCCCN(CCCOCOC)CCOCOC. The second-order valence-electron chi connectivity index (χ2n) is 4.49. The van der Waals surface area contributed by atoms with E-state index in [9.17, 15) is 0 Å². The topological polar surface area (TPSA) is 58.6 Å². The summed E-state index contributed by atoms with van der Waals surface area (Å²) in [5.41, 5.74) is 0. The van der Waals surface area contributed by atoms with Crippen LogP contribution < -0.4 is 0 Å². The van der Waals surface area contributed by atoms with E-state index >= 15 is 0 Å². The Bertz CT molecular complexity index is 182. The molecule has 0 aromatic heterocycles. The van der Waals surface area contributed by atoms with Crippen LogP contribution in [0.4, 0.5) is 0 Å². The van der Waals surface area contributed by atoms with Crippen molar-refractivity contribution in [3.8, 4) is 0 Å². The van der Waals surface area contributed by atoms with Gasteiger partial charge in [0, 0.05) is 41.0 Å². The maximum Gasteiger partial charge on any atom is 0.146 e. The smallest absolute Gasteiger partial charge is 0.146 e. The van der Waals surface area contributed by atoms with Crippen molar-refractivity contribution in [3.05, 3.63) is 0 Å². The van der Waals surface area contributed by atoms with Gasteiger partial charge >= 0.3 is 0 Å². The third kappa shape index (κ3) is 15.9. The van der Waals surface area contributed by atoms with Crippen molar-refractivity contribution < 1.29 is 28.4 Å². The molecular weight excluding hydrogens is 278 g/mol. The van der Waals surface area contributed by atoms with Crippen LogP contribution in [-0.2, 0) is 28.4 Å². The molecule has 0 aromatic rings. The third-order valence-corrected chi connectivity index (χ3v) is 2.68. The van der Waals surface area contributed by atoms with E-state index in [1.54, 1.807) is 21.3 Å². The fourth-order valence-electron chi connectivity index (χ4n) is 1.74. The van der Waals surface area contributed by atoms with E-state index in [0.717, 1.165) is 32.5 Å². The van der Waals surface area contributed by atoms with Gasteiger partial charge in [0.1, 0.15) is 20.4 Å². The highest BCUT2D eigenvalue weighted by Gasteiger charge is 2.05. The molecule has 0 amide bonds. The standard InChI is InChI=1S/C14H31NO6/c1-16-12-19-9-4-6-15(8-11-21-14-18-3)7-5-10-20-13-17-2/h4-14H2,1-3H3. The minimum absolute atomic E-state index is 0.335. The van der Waals surface area contributed by atoms with Gasteiger partial charge in [-0.1, -0.05) is 0 Å². The number of hydrogen-bond donors (Lipinski definition) is 0. The Morgan fingerprint density at radius 1 is 0.571 bits per heavy atom. The van der Waals surface area contributed by atoms with Crippen molar-refractivity contribution in [2.45, 2.75) is 12.8 Å². The average Bonchev–Trinajstić information content (AvgIpc) is 2.50. The maximum absolute atomic E-state index is 5.34. The Morgan fingerprint density at radius 3 is 1.43 bits per heavy atom. The van der Waals surface area contributed by atoms with Crippen LogP contribution in [0.15, 0.2) is 0 Å². The second kappa shape index (κ2) is 17.8. The summed E-state index contributed by atoms with van der Waals surface area (Å²) >= 11 is 0. The summed E-state index contributed by atoms with van der Waals surface area (Å²) in [5, 5.41) is 0. The van der Waals surface area contributed by atoms with Gasteiger partial charge in [0.05, 0.1) is 19.8 Å². The van der Waals surface area contributed by atoms with Crippen molar-refractivity contribution in [2.75, 3.05) is 81.2 Å². The molecular formula is C14H31NO6. The van der Waals surface area contributed by atoms with Gasteiger partial charge in [-0.2, -0.15) is 0 Å². The van der Waals surface area contributed by atoms with Gasteiger partial charge in [0.25, 0.3) is 0 Å². The molecule has 0 aliphatic carbocycles. The van der Waals surface area contributed by atoms with E-state index in [-0.39, 0.29) is 0 Å². The number of rotatable bonds is 17. The first-order valence-corrected chi connectivity index (χ1v) is 7.27. The highest BCUT2D eigenvalue weighted by atomic mass is 16.7. The van der Waals surface area contributed by atoms with Crippen LogP contribution in [0.2, 0.25) is 0 Å². The molecule has 0 spiro atoms. The van der Waals surface area contributed by atoms with Crippen molar-refractivity contribution in [1.82, 2.24) is 4.90 Å². The summed E-state index contributed by atoms with van der Waals surface area (Å²) in [7, 11) is 4.87. The molecule has 21 heavy (non-hydrogen) atoms. The van der Waals surface area contributed by atoms with Gasteiger partial charge in [0.15, 0.2) is 0 Å². The lowest BCUT2D eigenvalue weighted by molar-refractivity contribution is -0.0450. The molecule has 7 nitrogen and oxygen atoms in total. The zero-order chi connectivity index (χ0) is 15.6. The largest absolute Gasteiger partial charge is 0.359 e. The minimum atomic E-state index is 0.335. The van der Waals surface area contributed by atoms with Crippen molar-refractivity contribution >= 4 is 0 Å². The first-order chi connectivity index (χ1) is 10.3. The van der Waals surface area contributed by atoms with Gasteiger partial charge in [-0.15, -0.1) is 0 Å². The van der Waals surface area contributed by atoms with Gasteiger partial charge in [-0.05, 0) is 12.8 Å². The predicted molar refractivity (Wildman–Crippen MR) is 79.2 cm³/mol. The van der Waals surface area contributed by atoms with Gasteiger partial charge in [-0.25, -0.2) is 0 Å². The molecule has 0 fully saturated rings. The summed E-state index contributed by atoms with van der Waals surface area (Å²) in [6.07, 6.45) is 1.93. The zero-order valence-electron chi connectivity index (χ0n) is 13.7. The Morgan fingerprint density at radius 2 is 1.00 bits per heavy atom. The normalized spacial score (nSPS) is 11.4. The predicted octanol–water partition coefficient (Wildman–Crippen LogP) is 0.930. The van der Waals surface area contributed by atoms with Crippen LogP contribution in [0.25, 0.3) is 0 Å². The first kappa shape index (κ1) is 20.7. The molecule has 0 aliphatic heterocycles. The molecule has 0 atom stereocenters. The monoisotopic (exact) mass is 309 g/mol. The molecule has 0 radical (unpaired) electrons. The Balaban J connectivity index is 3.69. The van der Waals surface area contributed by atoms with Gasteiger partial charge in [-0.3, -0.25) is 0 Å². The van der Waals surface area contributed by atoms with Crippen molar-refractivity contribution in [3.63, 3.8) is 0 Å². The van der Waals surface area contributed by atoms with Crippen LogP contribution in [0.1, 0.15) is 12.8 Å². The Hall–Kier alpha value is -0.280. The van der Waals surface area contributed by atoms with E-state index in [4.69, 9.17) is 28.4 Å². The highest BCUT2D eigenvalue weighted by Crippen LogP contribution is 1.97. The molecule has 0 bridgehead atoms. The first-order valence-electron chi connectivity index (χ1n) is 7.27. The van der Waals surface area contributed by atoms with Crippen LogP contribution in [0, 0.1) is 0 Å². The number of nitrogens with zero attached hydrogens (tertiary/aromatic N) is 1. The molecule has 0 heterocycles. The number of methoxy groups -OCH3 is 3. The van der Waals surface area contributed by atoms with Crippen LogP contribution >= 0.6 is 0 Å². The molecule has 0 N–H and O–H groups in total. The van der Waals surface area contributed by atoms with Crippen molar-refractivity contribution in [1.29, 1.82) is 0 Å². The molecule has 0 saturated heterocycles. The number of hydrogen-bond acceptors (Lipinski definition) is 7. The van der Waals surface area contributed by atoms with Crippen molar-refractivity contribution in [2.24, 2.45) is 0 Å². The van der Waals surface area contributed by atoms with Crippen LogP contribution in [-0.4, -0.2) is 86.1 Å². The molecule has 7 heteroatoms. The van der Waals surface area contributed by atoms with Gasteiger partial charge in [0.2, 0.25) is 0 Å². The molecule has 0 aromatic carbocycles. The molecule has 0 rings (SSSR count). The second-order valence-corrected chi connectivity index (χ2v) is 4.49. The molecule has 0 saturated carbocycles. The quantitative estimate of drug-likeness (QED) is 0.293. The summed E-state index contributed by atoms with van der Waals surface area (Å²) in [5.74, 6) is 0. The fourth-order valence-corrected chi connectivity index (χ4v) is 1.74. The highest BCUT2D eigenvalue weighted by molar-refractivity contribution is 4.57. The lowest BCUT2D eigenvalue weighted by Crippen LogP contribution is -2.31. The van der Waals surface area contributed by atoms with E-state index in [0.29, 0.717) is 40.2 Å². The zero-order valence-corrected chi connectivity index (χ0v) is 13.7. The molecule has 128 valence electrons. The molecule has 0 unspecified atom stereocenters. The maximum atomic E-state index is 5.34. The summed E-state index contributed by atoms with van der Waals surface area (Å²) in [6.45, 7) is 5.89. The van der Waals surface area contributed by atoms with E-state index < -0.39 is 0 Å². The molecule has 0 aliphatic rings. The lowest BCUT2D eigenvalue weighted by atomic mass is 10.3. The van der Waals surface area contributed by atoms with Gasteiger partial charge < -0.3 is 33.3 Å². The number of ether oxygens (including phenoxy) is 6. The summed E-state index contributed by atoms with van der Waals surface area (Å²) in [6, 6.07) is 0. The van der Waals surface area contributed by atoms with Crippen LogP contribution in [0.3, 0.4) is 0 Å². The van der Waals surface area contributed by atoms with E-state index in [1.807, 2.05) is 0 Å².